The minimum Gasteiger partial charge on any atom is -0.340 e. The predicted octanol–water partition coefficient (Wildman–Crippen LogP) is 1.79. The molecule has 1 aromatic heterocycles. The van der Waals surface area contributed by atoms with Crippen LogP contribution in [-0.4, -0.2) is 41.4 Å². The van der Waals surface area contributed by atoms with Crippen LogP contribution in [0.3, 0.4) is 0 Å². The van der Waals surface area contributed by atoms with Crippen molar-refractivity contribution < 1.29 is 13.2 Å². The first-order valence-electron chi connectivity index (χ1n) is 11.6. The molecule has 4 rings (SSSR count). The van der Waals surface area contributed by atoms with Gasteiger partial charge < -0.3 is 4.90 Å². The molecular weight excluding hydrogens is 492 g/mol. The second kappa shape index (κ2) is 10.5. The van der Waals surface area contributed by atoms with Gasteiger partial charge in [0.2, 0.25) is 15.9 Å². The molecule has 1 N–H and O–H groups in total. The van der Waals surface area contributed by atoms with Gasteiger partial charge in [-0.05, 0) is 35.7 Å². The number of sulfonamides is 1. The van der Waals surface area contributed by atoms with Crippen molar-refractivity contribution in [1.82, 2.24) is 18.8 Å². The van der Waals surface area contributed by atoms with E-state index in [1.165, 1.54) is 41.8 Å². The molecule has 1 atom stereocenters. The Morgan fingerprint density at radius 2 is 1.49 bits per heavy atom. The first-order valence-corrected chi connectivity index (χ1v) is 13.1. The topological polar surface area (TPSA) is 110 Å². The van der Waals surface area contributed by atoms with E-state index in [0.717, 1.165) is 15.7 Å². The van der Waals surface area contributed by atoms with E-state index < -0.39 is 33.2 Å². The molecule has 0 aliphatic rings. The van der Waals surface area contributed by atoms with Crippen LogP contribution in [0.5, 0.6) is 0 Å². The molecule has 4 aromatic rings. The highest BCUT2D eigenvalue weighted by Gasteiger charge is 2.29. The summed E-state index contributed by atoms with van der Waals surface area (Å²) in [5.41, 5.74) is 0.900. The summed E-state index contributed by atoms with van der Waals surface area (Å²) in [4.78, 5) is 39.7. The van der Waals surface area contributed by atoms with Gasteiger partial charge in [-0.15, -0.1) is 0 Å². The van der Waals surface area contributed by atoms with Crippen molar-refractivity contribution in [2.24, 2.45) is 14.1 Å². The number of carbonyl (C=O) groups is 1. The highest BCUT2D eigenvalue weighted by Crippen LogP contribution is 2.17. The van der Waals surface area contributed by atoms with Crippen molar-refractivity contribution in [2.75, 3.05) is 7.05 Å². The third-order valence-electron chi connectivity index (χ3n) is 6.27. The van der Waals surface area contributed by atoms with E-state index in [9.17, 15) is 22.8 Å². The van der Waals surface area contributed by atoms with Gasteiger partial charge >= 0.3 is 5.69 Å². The summed E-state index contributed by atoms with van der Waals surface area (Å²) in [6.07, 6.45) is 0.141. The molecule has 0 saturated heterocycles. The number of aromatic nitrogens is 2. The molecule has 192 valence electrons. The normalized spacial score (nSPS) is 12.4. The van der Waals surface area contributed by atoms with Crippen LogP contribution in [0.1, 0.15) is 11.1 Å². The lowest BCUT2D eigenvalue weighted by molar-refractivity contribution is -0.132. The second-order valence-corrected chi connectivity index (χ2v) is 10.6. The van der Waals surface area contributed by atoms with Crippen LogP contribution in [0.2, 0.25) is 0 Å². The zero-order valence-electron chi connectivity index (χ0n) is 20.8. The number of aryl methyl sites for hydroxylation is 1. The van der Waals surface area contributed by atoms with Crippen molar-refractivity contribution in [1.29, 1.82) is 0 Å². The largest absolute Gasteiger partial charge is 0.340 e. The van der Waals surface area contributed by atoms with E-state index in [2.05, 4.69) is 4.72 Å². The lowest BCUT2D eigenvalue weighted by Gasteiger charge is -2.25. The van der Waals surface area contributed by atoms with Crippen LogP contribution in [-0.2, 0) is 41.9 Å². The van der Waals surface area contributed by atoms with Crippen LogP contribution in [0.15, 0.2) is 93.3 Å². The maximum absolute atomic E-state index is 13.5. The monoisotopic (exact) mass is 520 g/mol. The Kier molecular flexibility index (Phi) is 7.42. The molecule has 0 aliphatic carbocycles. The Morgan fingerprint density at radius 3 is 2.11 bits per heavy atom. The first kappa shape index (κ1) is 26.1. The first-order chi connectivity index (χ1) is 17.6. The number of nitrogens with zero attached hydrogens (tertiary/aromatic N) is 3. The molecule has 0 fully saturated rings. The molecule has 9 nitrogen and oxygen atoms in total. The van der Waals surface area contributed by atoms with Crippen molar-refractivity contribution >= 4 is 26.8 Å². The lowest BCUT2D eigenvalue weighted by atomic mass is 10.1. The molecule has 0 aliphatic heterocycles. The average molecular weight is 521 g/mol. The van der Waals surface area contributed by atoms with E-state index in [1.807, 2.05) is 60.7 Å². The maximum atomic E-state index is 13.5. The Morgan fingerprint density at radius 1 is 0.892 bits per heavy atom. The van der Waals surface area contributed by atoms with Gasteiger partial charge in [-0.3, -0.25) is 18.7 Å². The third kappa shape index (κ3) is 5.55. The molecule has 0 saturated carbocycles. The van der Waals surface area contributed by atoms with Crippen LogP contribution in [0.25, 0.3) is 10.9 Å². The minimum atomic E-state index is -4.21. The molecule has 3 aromatic carbocycles. The molecule has 1 heterocycles. The fourth-order valence-electron chi connectivity index (χ4n) is 4.23. The van der Waals surface area contributed by atoms with Crippen molar-refractivity contribution in [2.45, 2.75) is 23.9 Å². The molecule has 10 heteroatoms. The van der Waals surface area contributed by atoms with E-state index in [0.29, 0.717) is 12.1 Å². The Bertz CT molecular complexity index is 1660. The summed E-state index contributed by atoms with van der Waals surface area (Å²) in [6, 6.07) is 21.4. The zero-order valence-corrected chi connectivity index (χ0v) is 21.6. The quantitative estimate of drug-likeness (QED) is 0.381. The molecule has 1 amide bonds. The SMILES string of the molecule is CN(Cc1ccccc1)C(=O)C(Cc1ccccc1)NS(=O)(=O)c1ccc2c(c1)c(=O)n(C)c(=O)n2C. The fraction of sp³-hybridized carbons (Fsp3) is 0.222. The lowest BCUT2D eigenvalue weighted by Crippen LogP contribution is -2.48. The standard InChI is InChI=1S/C27H28N4O5S/c1-29(18-20-12-8-5-9-13-20)26(33)23(16-19-10-6-4-7-11-19)28-37(35,36)21-14-15-24-22(17-21)25(32)31(3)27(34)30(24)2/h4-15,17,23,28H,16,18H2,1-3H3. The van der Waals surface area contributed by atoms with Crippen molar-refractivity contribution in [3.05, 3.63) is 111 Å². The van der Waals surface area contributed by atoms with Gasteiger partial charge in [0.15, 0.2) is 0 Å². The van der Waals surface area contributed by atoms with Gasteiger partial charge in [-0.25, -0.2) is 13.2 Å². The summed E-state index contributed by atoms with van der Waals surface area (Å²) in [7, 11) is 0.260. The molecule has 0 bridgehead atoms. The van der Waals surface area contributed by atoms with Crippen LogP contribution < -0.4 is 16.0 Å². The van der Waals surface area contributed by atoms with Crippen LogP contribution in [0.4, 0.5) is 0 Å². The average Bonchev–Trinajstić information content (AvgIpc) is 2.90. The van der Waals surface area contributed by atoms with E-state index in [4.69, 9.17) is 0 Å². The number of hydrogen-bond donors (Lipinski definition) is 1. The number of benzene rings is 3. The molecular formula is C27H28N4O5S. The van der Waals surface area contributed by atoms with Crippen LogP contribution >= 0.6 is 0 Å². The predicted molar refractivity (Wildman–Crippen MR) is 142 cm³/mol. The fourth-order valence-corrected chi connectivity index (χ4v) is 5.44. The summed E-state index contributed by atoms with van der Waals surface area (Å²) in [6.45, 7) is 0.312. The molecule has 0 radical (unpaired) electrons. The summed E-state index contributed by atoms with van der Waals surface area (Å²) in [5.74, 6) is -0.393. The number of carbonyl (C=O) groups excluding carboxylic acids is 1. The Labute approximate surface area is 214 Å². The van der Waals surface area contributed by atoms with Crippen molar-refractivity contribution in [3.63, 3.8) is 0 Å². The van der Waals surface area contributed by atoms with E-state index in [1.54, 1.807) is 7.05 Å². The van der Waals surface area contributed by atoms with Gasteiger partial charge in [0.05, 0.1) is 15.8 Å². The third-order valence-corrected chi connectivity index (χ3v) is 7.73. The number of hydrogen-bond acceptors (Lipinski definition) is 5. The van der Waals surface area contributed by atoms with Gasteiger partial charge in [0, 0.05) is 27.7 Å². The summed E-state index contributed by atoms with van der Waals surface area (Å²) >= 11 is 0. The van der Waals surface area contributed by atoms with Gasteiger partial charge in [0.25, 0.3) is 5.56 Å². The van der Waals surface area contributed by atoms with Gasteiger partial charge in [0.1, 0.15) is 6.04 Å². The van der Waals surface area contributed by atoms with E-state index in [-0.39, 0.29) is 16.7 Å². The van der Waals surface area contributed by atoms with Gasteiger partial charge in [-0.1, -0.05) is 60.7 Å². The minimum absolute atomic E-state index is 0.0830. The number of fused-ring (bicyclic) bond motifs is 1. The smallest absolute Gasteiger partial charge is 0.330 e. The molecule has 37 heavy (non-hydrogen) atoms. The van der Waals surface area contributed by atoms with Gasteiger partial charge in [-0.2, -0.15) is 4.72 Å². The van der Waals surface area contributed by atoms with E-state index >= 15 is 0 Å². The number of nitrogens with one attached hydrogen (secondary N) is 1. The highest BCUT2D eigenvalue weighted by molar-refractivity contribution is 7.89. The Hall–Kier alpha value is -4.02. The number of likely N-dealkylation sites (N-methyl/N-ethyl adjacent to an activating group) is 1. The Balaban J connectivity index is 1.69. The summed E-state index contributed by atoms with van der Waals surface area (Å²) < 4.78 is 31.7. The highest BCUT2D eigenvalue weighted by atomic mass is 32.2. The maximum Gasteiger partial charge on any atom is 0.330 e. The van der Waals surface area contributed by atoms with Crippen molar-refractivity contribution in [3.8, 4) is 0 Å². The second-order valence-electron chi connectivity index (χ2n) is 8.93. The zero-order chi connectivity index (χ0) is 26.7. The molecule has 1 unspecified atom stereocenters. The summed E-state index contributed by atoms with van der Waals surface area (Å²) in [5, 5.41) is 0.0830. The van der Waals surface area contributed by atoms with Crippen LogP contribution in [0, 0.1) is 0 Å². The number of amides is 1. The number of rotatable bonds is 8. The molecule has 0 spiro atoms.